The minimum Gasteiger partial charge on any atom is -0.508 e. The highest BCUT2D eigenvalue weighted by atomic mass is 16.4. The molecule has 2 aromatic carbocycles. The number of ketones is 1. The minimum absolute atomic E-state index is 0.0116. The van der Waals surface area contributed by atoms with E-state index in [-0.39, 0.29) is 24.3 Å². The number of aromatic hydroxyl groups is 2. The van der Waals surface area contributed by atoms with Crippen molar-refractivity contribution in [3.05, 3.63) is 59.7 Å². The van der Waals surface area contributed by atoms with E-state index in [1.807, 2.05) is 0 Å². The standard InChI is InChI=1S/C18H19NO5/c19-16(10-12-3-7-14(21)8-4-12)17(22)15(18(23)24)9-11-1-5-13(20)6-2-11/h1-8,15-16,20-21H,9-10,19H2,(H,23,24)/t15-,16+/m1/s1. The van der Waals surface area contributed by atoms with Crippen LogP contribution in [0, 0.1) is 5.92 Å². The quantitative estimate of drug-likeness (QED) is 0.571. The second kappa shape index (κ2) is 7.61. The van der Waals surface area contributed by atoms with Crippen LogP contribution in [0.1, 0.15) is 11.1 Å². The molecule has 0 fully saturated rings. The maximum absolute atomic E-state index is 12.4. The van der Waals surface area contributed by atoms with E-state index in [1.54, 1.807) is 24.3 Å². The number of carboxylic acid groups (broad SMARTS) is 1. The fourth-order valence-corrected chi connectivity index (χ4v) is 2.42. The highest BCUT2D eigenvalue weighted by Crippen LogP contribution is 2.17. The highest BCUT2D eigenvalue weighted by molar-refractivity contribution is 6.01. The van der Waals surface area contributed by atoms with E-state index < -0.39 is 23.7 Å². The predicted octanol–water partition coefficient (Wildman–Crippen LogP) is 1.48. The van der Waals surface area contributed by atoms with Crippen molar-refractivity contribution in [3.63, 3.8) is 0 Å². The van der Waals surface area contributed by atoms with Gasteiger partial charge in [0.25, 0.3) is 0 Å². The molecule has 24 heavy (non-hydrogen) atoms. The van der Waals surface area contributed by atoms with E-state index in [0.717, 1.165) is 5.56 Å². The second-order valence-electron chi connectivity index (χ2n) is 5.64. The Bertz CT molecular complexity index is 709. The van der Waals surface area contributed by atoms with Gasteiger partial charge in [-0.15, -0.1) is 0 Å². The molecule has 0 saturated carbocycles. The van der Waals surface area contributed by atoms with E-state index >= 15 is 0 Å². The molecule has 0 radical (unpaired) electrons. The van der Waals surface area contributed by atoms with Crippen LogP contribution in [0.2, 0.25) is 0 Å². The molecule has 6 heteroatoms. The van der Waals surface area contributed by atoms with E-state index in [4.69, 9.17) is 5.73 Å². The molecule has 0 aliphatic carbocycles. The fraction of sp³-hybridized carbons (Fsp3) is 0.222. The number of carbonyl (C=O) groups excluding carboxylic acids is 1. The zero-order valence-electron chi connectivity index (χ0n) is 12.9. The number of hydrogen-bond acceptors (Lipinski definition) is 5. The van der Waals surface area contributed by atoms with Crippen molar-refractivity contribution in [2.45, 2.75) is 18.9 Å². The van der Waals surface area contributed by atoms with Crippen LogP contribution in [0.3, 0.4) is 0 Å². The van der Waals surface area contributed by atoms with Crippen LogP contribution in [-0.4, -0.2) is 33.1 Å². The summed E-state index contributed by atoms with van der Waals surface area (Å²) in [5.41, 5.74) is 7.26. The Balaban J connectivity index is 2.08. The Hall–Kier alpha value is -2.86. The number of benzene rings is 2. The van der Waals surface area contributed by atoms with Gasteiger partial charge in [0.1, 0.15) is 17.4 Å². The number of Topliss-reactive ketones (excluding diaryl/α,β-unsaturated/α-hetero) is 1. The van der Waals surface area contributed by atoms with Gasteiger partial charge < -0.3 is 21.1 Å². The first-order valence-corrected chi connectivity index (χ1v) is 7.44. The average molecular weight is 329 g/mol. The molecule has 0 spiro atoms. The van der Waals surface area contributed by atoms with Crippen molar-refractivity contribution >= 4 is 11.8 Å². The molecule has 0 bridgehead atoms. The number of hydrogen-bond donors (Lipinski definition) is 4. The summed E-state index contributed by atoms with van der Waals surface area (Å²) < 4.78 is 0. The Morgan fingerprint density at radius 1 is 0.833 bits per heavy atom. The monoisotopic (exact) mass is 329 g/mol. The van der Waals surface area contributed by atoms with E-state index in [9.17, 15) is 24.9 Å². The molecular formula is C18H19NO5. The first-order valence-electron chi connectivity index (χ1n) is 7.44. The Labute approximate surface area is 139 Å². The zero-order valence-corrected chi connectivity index (χ0v) is 12.9. The summed E-state index contributed by atoms with van der Waals surface area (Å²) in [4.78, 5) is 23.9. The smallest absolute Gasteiger partial charge is 0.314 e. The molecule has 0 heterocycles. The molecule has 0 saturated heterocycles. The molecule has 126 valence electrons. The number of nitrogens with two attached hydrogens (primary N) is 1. The SMILES string of the molecule is N[C@@H](Cc1ccc(O)cc1)C(=O)[C@@H](Cc1ccc(O)cc1)C(=O)O. The largest absolute Gasteiger partial charge is 0.508 e. The molecule has 0 aliphatic rings. The topological polar surface area (TPSA) is 121 Å². The van der Waals surface area contributed by atoms with Gasteiger partial charge in [-0.25, -0.2) is 0 Å². The van der Waals surface area contributed by atoms with Crippen LogP contribution in [0.4, 0.5) is 0 Å². The van der Waals surface area contributed by atoms with Crippen molar-refractivity contribution < 1.29 is 24.9 Å². The Morgan fingerprint density at radius 2 is 1.25 bits per heavy atom. The summed E-state index contributed by atoms with van der Waals surface area (Å²) >= 11 is 0. The van der Waals surface area contributed by atoms with Gasteiger partial charge in [-0.05, 0) is 48.2 Å². The summed E-state index contributed by atoms with van der Waals surface area (Å²) in [5.74, 6) is -2.85. The molecule has 2 rings (SSSR count). The lowest BCUT2D eigenvalue weighted by Crippen LogP contribution is -2.41. The Morgan fingerprint density at radius 3 is 1.67 bits per heavy atom. The third-order valence-electron chi connectivity index (χ3n) is 3.78. The van der Waals surface area contributed by atoms with Crippen LogP contribution in [0.5, 0.6) is 11.5 Å². The van der Waals surface area contributed by atoms with Gasteiger partial charge in [-0.2, -0.15) is 0 Å². The number of phenolic OH excluding ortho intramolecular Hbond substituents is 2. The van der Waals surface area contributed by atoms with Crippen molar-refractivity contribution in [1.29, 1.82) is 0 Å². The zero-order chi connectivity index (χ0) is 17.7. The molecule has 0 aliphatic heterocycles. The highest BCUT2D eigenvalue weighted by Gasteiger charge is 2.30. The average Bonchev–Trinajstić information content (AvgIpc) is 2.55. The number of carbonyl (C=O) groups is 2. The molecule has 0 aromatic heterocycles. The van der Waals surface area contributed by atoms with E-state index in [2.05, 4.69) is 0 Å². The molecule has 6 nitrogen and oxygen atoms in total. The van der Waals surface area contributed by atoms with Gasteiger partial charge in [-0.1, -0.05) is 24.3 Å². The number of phenols is 2. The van der Waals surface area contributed by atoms with Crippen LogP contribution in [0.25, 0.3) is 0 Å². The maximum atomic E-state index is 12.4. The van der Waals surface area contributed by atoms with Crippen LogP contribution >= 0.6 is 0 Å². The van der Waals surface area contributed by atoms with Crippen LogP contribution in [-0.2, 0) is 22.4 Å². The van der Waals surface area contributed by atoms with E-state index in [0.29, 0.717) is 5.56 Å². The lowest BCUT2D eigenvalue weighted by molar-refractivity contribution is -0.146. The lowest BCUT2D eigenvalue weighted by atomic mass is 9.89. The van der Waals surface area contributed by atoms with Crippen molar-refractivity contribution in [3.8, 4) is 11.5 Å². The van der Waals surface area contributed by atoms with Crippen LogP contribution in [0.15, 0.2) is 48.5 Å². The molecule has 2 atom stereocenters. The molecular weight excluding hydrogens is 310 g/mol. The first-order chi connectivity index (χ1) is 11.4. The first kappa shape index (κ1) is 17.5. The van der Waals surface area contributed by atoms with Gasteiger partial charge in [0.05, 0.1) is 6.04 Å². The number of rotatable bonds is 7. The number of aliphatic carboxylic acids is 1. The number of carboxylic acids is 1. The lowest BCUT2D eigenvalue weighted by Gasteiger charge is -2.17. The molecule has 2 aromatic rings. The third kappa shape index (κ3) is 4.57. The van der Waals surface area contributed by atoms with Gasteiger partial charge in [-0.3, -0.25) is 9.59 Å². The predicted molar refractivity (Wildman–Crippen MR) is 87.7 cm³/mol. The fourth-order valence-electron chi connectivity index (χ4n) is 2.42. The van der Waals surface area contributed by atoms with Gasteiger partial charge >= 0.3 is 5.97 Å². The van der Waals surface area contributed by atoms with Crippen LogP contribution < -0.4 is 5.73 Å². The normalized spacial score (nSPS) is 13.2. The minimum atomic E-state index is -1.25. The van der Waals surface area contributed by atoms with E-state index in [1.165, 1.54) is 24.3 Å². The van der Waals surface area contributed by atoms with Crippen molar-refractivity contribution in [2.24, 2.45) is 11.7 Å². The molecule has 0 amide bonds. The van der Waals surface area contributed by atoms with Gasteiger partial charge in [0.2, 0.25) is 0 Å². The molecule has 5 N–H and O–H groups in total. The summed E-state index contributed by atoms with van der Waals surface area (Å²) in [6.07, 6.45) is 0.205. The Kier molecular flexibility index (Phi) is 5.55. The molecule has 0 unspecified atom stereocenters. The van der Waals surface area contributed by atoms with Gasteiger partial charge in [0.15, 0.2) is 5.78 Å². The second-order valence-corrected chi connectivity index (χ2v) is 5.64. The summed E-state index contributed by atoms with van der Waals surface area (Å²) in [6, 6.07) is 11.3. The maximum Gasteiger partial charge on any atom is 0.314 e. The van der Waals surface area contributed by atoms with Crippen molar-refractivity contribution in [1.82, 2.24) is 0 Å². The van der Waals surface area contributed by atoms with Crippen molar-refractivity contribution in [2.75, 3.05) is 0 Å². The summed E-state index contributed by atoms with van der Waals surface area (Å²) in [6.45, 7) is 0. The third-order valence-corrected chi connectivity index (χ3v) is 3.78. The summed E-state index contributed by atoms with van der Waals surface area (Å²) in [7, 11) is 0. The summed E-state index contributed by atoms with van der Waals surface area (Å²) in [5, 5.41) is 27.9. The van der Waals surface area contributed by atoms with Gasteiger partial charge in [0, 0.05) is 0 Å².